The normalized spacial score (nSPS) is 17.9. The van der Waals surface area contributed by atoms with E-state index in [0.29, 0.717) is 25.3 Å². The average molecular weight is 280 g/mol. The van der Waals surface area contributed by atoms with Gasteiger partial charge < -0.3 is 19.5 Å². The van der Waals surface area contributed by atoms with Gasteiger partial charge in [-0.25, -0.2) is 4.79 Å². The second-order valence-corrected chi connectivity index (χ2v) is 4.49. The molecular weight excluding hydrogens is 264 g/mol. The van der Waals surface area contributed by atoms with Gasteiger partial charge in [0.2, 0.25) is 5.88 Å². The first-order valence-electron chi connectivity index (χ1n) is 6.18. The number of anilines is 1. The fraction of sp³-hybridized carbons (Fsp3) is 0.462. The summed E-state index contributed by atoms with van der Waals surface area (Å²) >= 11 is 0. The van der Waals surface area contributed by atoms with Gasteiger partial charge in [0.15, 0.2) is 0 Å². The van der Waals surface area contributed by atoms with Crippen molar-refractivity contribution in [3.8, 4) is 5.88 Å². The third kappa shape index (κ3) is 2.66. The van der Waals surface area contributed by atoms with Crippen molar-refractivity contribution in [3.05, 3.63) is 17.7 Å². The molecule has 1 aromatic rings. The highest BCUT2D eigenvalue weighted by molar-refractivity contribution is 5.92. The van der Waals surface area contributed by atoms with Crippen molar-refractivity contribution in [1.29, 1.82) is 0 Å². The summed E-state index contributed by atoms with van der Waals surface area (Å²) in [5.41, 5.74) is 0.243. The summed E-state index contributed by atoms with van der Waals surface area (Å²) in [6.07, 6.45) is 0.581. The quantitative estimate of drug-likeness (QED) is 0.815. The molecule has 1 aliphatic rings. The topological polar surface area (TPSA) is 89.0 Å². The van der Waals surface area contributed by atoms with Crippen LogP contribution in [0.5, 0.6) is 5.88 Å². The van der Waals surface area contributed by atoms with Gasteiger partial charge in [0, 0.05) is 13.1 Å². The molecule has 108 valence electrons. The number of ether oxygens (including phenoxy) is 2. The number of carboxylic acids is 1. The van der Waals surface area contributed by atoms with E-state index in [9.17, 15) is 9.59 Å². The molecule has 1 saturated heterocycles. The highest BCUT2D eigenvalue weighted by Gasteiger charge is 2.29. The first-order valence-corrected chi connectivity index (χ1v) is 6.18. The summed E-state index contributed by atoms with van der Waals surface area (Å²) in [5, 5.41) is 8.99. The molecule has 1 atom stereocenters. The van der Waals surface area contributed by atoms with Gasteiger partial charge in [-0.15, -0.1) is 0 Å². The molecule has 1 N–H and O–H groups in total. The fourth-order valence-corrected chi connectivity index (χ4v) is 2.20. The van der Waals surface area contributed by atoms with Gasteiger partial charge in [0.25, 0.3) is 0 Å². The summed E-state index contributed by atoms with van der Waals surface area (Å²) in [5.74, 6) is -0.939. The molecule has 0 radical (unpaired) electrons. The first-order chi connectivity index (χ1) is 9.56. The van der Waals surface area contributed by atoms with Crippen molar-refractivity contribution in [2.75, 3.05) is 32.2 Å². The average Bonchev–Trinajstić information content (AvgIpc) is 2.95. The van der Waals surface area contributed by atoms with Crippen LogP contribution >= 0.6 is 0 Å². The first kappa shape index (κ1) is 14.1. The molecule has 7 heteroatoms. The van der Waals surface area contributed by atoms with Crippen molar-refractivity contribution < 1.29 is 24.2 Å². The minimum Gasteiger partial charge on any atom is -0.481 e. The maximum absolute atomic E-state index is 11.5. The molecular formula is C13H16N2O5. The molecule has 0 spiro atoms. The zero-order valence-corrected chi connectivity index (χ0v) is 11.3. The number of nitrogens with zero attached hydrogens (tertiary/aromatic N) is 2. The number of aliphatic carboxylic acids is 1. The van der Waals surface area contributed by atoms with Crippen LogP contribution < -0.4 is 9.64 Å². The molecule has 7 nitrogen and oxygen atoms in total. The van der Waals surface area contributed by atoms with Crippen molar-refractivity contribution in [1.82, 2.24) is 4.98 Å². The van der Waals surface area contributed by atoms with Crippen LogP contribution in [0.1, 0.15) is 16.8 Å². The number of carbonyl (C=O) groups excluding carboxylic acids is 1. The van der Waals surface area contributed by atoms with E-state index in [-0.39, 0.29) is 17.4 Å². The predicted molar refractivity (Wildman–Crippen MR) is 70.1 cm³/mol. The fourth-order valence-electron chi connectivity index (χ4n) is 2.20. The smallest absolute Gasteiger partial charge is 0.343 e. The summed E-state index contributed by atoms with van der Waals surface area (Å²) < 4.78 is 9.73. The number of rotatable bonds is 4. The number of hydrogen-bond acceptors (Lipinski definition) is 6. The van der Waals surface area contributed by atoms with Crippen LogP contribution in [0.3, 0.4) is 0 Å². The van der Waals surface area contributed by atoms with Crippen LogP contribution in [0.2, 0.25) is 0 Å². The van der Waals surface area contributed by atoms with Crippen molar-refractivity contribution in [2.24, 2.45) is 5.92 Å². The van der Waals surface area contributed by atoms with E-state index >= 15 is 0 Å². The van der Waals surface area contributed by atoms with Crippen molar-refractivity contribution >= 4 is 17.8 Å². The lowest BCUT2D eigenvalue weighted by atomic mass is 10.1. The Morgan fingerprint density at radius 3 is 2.70 bits per heavy atom. The van der Waals surface area contributed by atoms with Crippen LogP contribution in [-0.2, 0) is 9.53 Å². The highest BCUT2D eigenvalue weighted by Crippen LogP contribution is 2.26. The zero-order chi connectivity index (χ0) is 14.7. The van der Waals surface area contributed by atoms with Crippen LogP contribution in [0.25, 0.3) is 0 Å². The van der Waals surface area contributed by atoms with Crippen LogP contribution in [-0.4, -0.2) is 49.3 Å². The Balaban J connectivity index is 2.22. The lowest BCUT2D eigenvalue weighted by Gasteiger charge is -2.18. The molecule has 0 amide bonds. The molecule has 0 bridgehead atoms. The molecule has 0 aliphatic carbocycles. The number of aromatic nitrogens is 1. The summed E-state index contributed by atoms with van der Waals surface area (Å²) in [6, 6.07) is 3.24. The second kappa shape index (κ2) is 5.77. The molecule has 0 saturated carbocycles. The van der Waals surface area contributed by atoms with Gasteiger partial charge in [-0.3, -0.25) is 4.79 Å². The summed E-state index contributed by atoms with van der Waals surface area (Å²) in [7, 11) is 2.70. The van der Waals surface area contributed by atoms with E-state index in [0.717, 1.165) is 0 Å². The lowest BCUT2D eigenvalue weighted by Crippen LogP contribution is -2.23. The summed E-state index contributed by atoms with van der Waals surface area (Å²) in [6.45, 7) is 1.02. The number of pyridine rings is 1. The van der Waals surface area contributed by atoms with Gasteiger partial charge in [-0.1, -0.05) is 0 Å². The van der Waals surface area contributed by atoms with Crippen LogP contribution in [0.4, 0.5) is 5.82 Å². The predicted octanol–water partition coefficient (Wildman–Crippen LogP) is 0.788. The zero-order valence-electron chi connectivity index (χ0n) is 11.3. The van der Waals surface area contributed by atoms with E-state index < -0.39 is 11.9 Å². The third-order valence-corrected chi connectivity index (χ3v) is 3.31. The molecule has 2 heterocycles. The maximum Gasteiger partial charge on any atom is 0.343 e. The standard InChI is InChI=1S/C13H16N2O5/c1-19-11-9(13(18)20-2)3-4-10(14-11)15-6-5-8(7-15)12(16)17/h3-4,8H,5-7H2,1-2H3,(H,16,17). The third-order valence-electron chi connectivity index (χ3n) is 3.31. The highest BCUT2D eigenvalue weighted by atomic mass is 16.5. The Hall–Kier alpha value is -2.31. The van der Waals surface area contributed by atoms with E-state index in [4.69, 9.17) is 9.84 Å². The Kier molecular flexibility index (Phi) is 4.07. The van der Waals surface area contributed by atoms with Gasteiger partial charge in [-0.05, 0) is 18.6 Å². The molecule has 1 fully saturated rings. The number of carboxylic acid groups (broad SMARTS) is 1. The van der Waals surface area contributed by atoms with Crippen LogP contribution in [0, 0.1) is 5.92 Å². The number of carbonyl (C=O) groups is 2. The van der Waals surface area contributed by atoms with E-state index in [1.54, 1.807) is 12.1 Å². The molecule has 1 unspecified atom stereocenters. The number of methoxy groups -OCH3 is 2. The molecule has 0 aromatic carbocycles. The van der Waals surface area contributed by atoms with Crippen LogP contribution in [0.15, 0.2) is 12.1 Å². The van der Waals surface area contributed by atoms with E-state index in [1.165, 1.54) is 14.2 Å². The maximum atomic E-state index is 11.5. The lowest BCUT2D eigenvalue weighted by molar-refractivity contribution is -0.140. The van der Waals surface area contributed by atoms with Gasteiger partial charge in [0.1, 0.15) is 11.4 Å². The van der Waals surface area contributed by atoms with Gasteiger partial charge in [-0.2, -0.15) is 4.98 Å². The molecule has 2 rings (SSSR count). The second-order valence-electron chi connectivity index (χ2n) is 4.49. The number of hydrogen-bond donors (Lipinski definition) is 1. The largest absolute Gasteiger partial charge is 0.481 e. The number of esters is 1. The Morgan fingerprint density at radius 2 is 2.15 bits per heavy atom. The van der Waals surface area contributed by atoms with E-state index in [1.807, 2.05) is 4.90 Å². The van der Waals surface area contributed by atoms with Gasteiger partial charge in [0.05, 0.1) is 20.1 Å². The Labute approximate surface area is 116 Å². The van der Waals surface area contributed by atoms with Crippen molar-refractivity contribution in [2.45, 2.75) is 6.42 Å². The monoisotopic (exact) mass is 280 g/mol. The van der Waals surface area contributed by atoms with Gasteiger partial charge >= 0.3 is 11.9 Å². The van der Waals surface area contributed by atoms with Crippen molar-refractivity contribution in [3.63, 3.8) is 0 Å². The Morgan fingerprint density at radius 1 is 1.40 bits per heavy atom. The molecule has 1 aliphatic heterocycles. The minimum atomic E-state index is -0.800. The molecule has 1 aromatic heterocycles. The summed E-state index contributed by atoms with van der Waals surface area (Å²) in [4.78, 5) is 28.6. The molecule has 20 heavy (non-hydrogen) atoms. The minimum absolute atomic E-state index is 0.174. The van der Waals surface area contributed by atoms with E-state index in [2.05, 4.69) is 9.72 Å². The SMILES string of the molecule is COC(=O)c1ccc(N2CCC(C(=O)O)C2)nc1OC. The Bertz CT molecular complexity index is 531.